The van der Waals surface area contributed by atoms with Crippen LogP contribution in [0.15, 0.2) is 42.5 Å². The lowest BCUT2D eigenvalue weighted by atomic mass is 9.97. The summed E-state index contributed by atoms with van der Waals surface area (Å²) >= 11 is 5.92. The van der Waals surface area contributed by atoms with Crippen LogP contribution in [0.3, 0.4) is 0 Å². The van der Waals surface area contributed by atoms with E-state index in [1.807, 2.05) is 12.1 Å². The summed E-state index contributed by atoms with van der Waals surface area (Å²) in [5.41, 5.74) is 5.82. The number of halogens is 1. The molecule has 2 aromatic carbocycles. The second-order valence-corrected chi connectivity index (χ2v) is 6.46. The van der Waals surface area contributed by atoms with E-state index >= 15 is 0 Å². The lowest BCUT2D eigenvalue weighted by Gasteiger charge is -2.29. The highest BCUT2D eigenvalue weighted by atomic mass is 35.5. The SMILES string of the molecule is Cc1ccc2c(c1)CCN(CCCc1ccc(Cl)cc1)C2. The molecule has 3 rings (SSSR count). The number of benzene rings is 2. The Hall–Kier alpha value is -1.31. The molecule has 0 N–H and O–H groups in total. The van der Waals surface area contributed by atoms with Crippen molar-refractivity contribution >= 4 is 11.6 Å². The van der Waals surface area contributed by atoms with Gasteiger partial charge in [-0.3, -0.25) is 4.90 Å². The number of hydrogen-bond acceptors (Lipinski definition) is 1. The molecule has 110 valence electrons. The highest BCUT2D eigenvalue weighted by molar-refractivity contribution is 6.30. The quantitative estimate of drug-likeness (QED) is 0.795. The van der Waals surface area contributed by atoms with Crippen LogP contribution in [0.1, 0.15) is 28.7 Å². The summed E-state index contributed by atoms with van der Waals surface area (Å²) in [6.07, 6.45) is 3.54. The maximum absolute atomic E-state index is 5.92. The van der Waals surface area contributed by atoms with Gasteiger partial charge in [-0.25, -0.2) is 0 Å². The topological polar surface area (TPSA) is 3.24 Å². The van der Waals surface area contributed by atoms with Crippen molar-refractivity contribution in [2.45, 2.75) is 32.7 Å². The van der Waals surface area contributed by atoms with Crippen LogP contribution in [0.4, 0.5) is 0 Å². The maximum atomic E-state index is 5.92. The Morgan fingerprint density at radius 2 is 1.86 bits per heavy atom. The van der Waals surface area contributed by atoms with E-state index in [-0.39, 0.29) is 0 Å². The van der Waals surface area contributed by atoms with Crippen molar-refractivity contribution in [2.75, 3.05) is 13.1 Å². The molecule has 1 aliphatic heterocycles. The van der Waals surface area contributed by atoms with Crippen molar-refractivity contribution in [3.05, 3.63) is 69.7 Å². The molecule has 0 saturated heterocycles. The van der Waals surface area contributed by atoms with E-state index in [1.54, 1.807) is 5.56 Å². The average Bonchev–Trinajstić information content (AvgIpc) is 2.49. The molecular formula is C19H22ClN. The molecule has 0 spiro atoms. The Morgan fingerprint density at radius 1 is 1.05 bits per heavy atom. The molecular weight excluding hydrogens is 278 g/mol. The third-order valence-electron chi connectivity index (χ3n) is 4.31. The minimum Gasteiger partial charge on any atom is -0.299 e. The van der Waals surface area contributed by atoms with Crippen LogP contribution >= 0.6 is 11.6 Å². The summed E-state index contributed by atoms with van der Waals surface area (Å²) in [4.78, 5) is 2.58. The van der Waals surface area contributed by atoms with E-state index in [0.29, 0.717) is 0 Å². The van der Waals surface area contributed by atoms with Crippen LogP contribution in [0.25, 0.3) is 0 Å². The summed E-state index contributed by atoms with van der Waals surface area (Å²) in [6.45, 7) is 5.65. The lowest BCUT2D eigenvalue weighted by Crippen LogP contribution is -2.31. The Balaban J connectivity index is 1.51. The molecule has 0 atom stereocenters. The molecule has 0 bridgehead atoms. The van der Waals surface area contributed by atoms with Crippen molar-refractivity contribution in [1.82, 2.24) is 4.90 Å². The first-order chi connectivity index (χ1) is 10.2. The number of aryl methyl sites for hydroxylation is 2. The lowest BCUT2D eigenvalue weighted by molar-refractivity contribution is 0.251. The molecule has 2 aromatic rings. The molecule has 0 unspecified atom stereocenters. The van der Waals surface area contributed by atoms with Crippen molar-refractivity contribution in [1.29, 1.82) is 0 Å². The van der Waals surface area contributed by atoms with Gasteiger partial charge in [-0.15, -0.1) is 0 Å². The fourth-order valence-electron chi connectivity index (χ4n) is 3.09. The van der Waals surface area contributed by atoms with Gasteiger partial charge in [-0.1, -0.05) is 47.5 Å². The Morgan fingerprint density at radius 3 is 2.67 bits per heavy atom. The van der Waals surface area contributed by atoms with Gasteiger partial charge in [0.15, 0.2) is 0 Å². The number of rotatable bonds is 4. The van der Waals surface area contributed by atoms with Crippen molar-refractivity contribution in [3.63, 3.8) is 0 Å². The van der Waals surface area contributed by atoms with Crippen LogP contribution in [-0.2, 0) is 19.4 Å². The standard InChI is InChI=1S/C19H22ClN/c1-15-4-7-18-14-21(12-10-17(18)13-15)11-2-3-16-5-8-19(20)9-6-16/h4-9,13H,2-3,10-12,14H2,1H3. The number of fused-ring (bicyclic) bond motifs is 1. The largest absolute Gasteiger partial charge is 0.299 e. The van der Waals surface area contributed by atoms with Crippen molar-refractivity contribution in [2.24, 2.45) is 0 Å². The number of nitrogens with zero attached hydrogens (tertiary/aromatic N) is 1. The van der Waals surface area contributed by atoms with E-state index in [9.17, 15) is 0 Å². The second kappa shape index (κ2) is 6.64. The highest BCUT2D eigenvalue weighted by Crippen LogP contribution is 2.20. The van der Waals surface area contributed by atoms with Crippen LogP contribution < -0.4 is 0 Å². The zero-order chi connectivity index (χ0) is 14.7. The monoisotopic (exact) mass is 299 g/mol. The minimum atomic E-state index is 0.821. The third kappa shape index (κ3) is 3.87. The maximum Gasteiger partial charge on any atom is 0.0406 e. The number of hydrogen-bond donors (Lipinski definition) is 0. The summed E-state index contributed by atoms with van der Waals surface area (Å²) in [5.74, 6) is 0. The van der Waals surface area contributed by atoms with E-state index < -0.39 is 0 Å². The first-order valence-electron chi connectivity index (χ1n) is 7.76. The van der Waals surface area contributed by atoms with Gasteiger partial charge in [0.2, 0.25) is 0 Å². The van der Waals surface area contributed by atoms with Gasteiger partial charge in [-0.2, -0.15) is 0 Å². The zero-order valence-electron chi connectivity index (χ0n) is 12.6. The van der Waals surface area contributed by atoms with Crippen LogP contribution in [0.5, 0.6) is 0 Å². The summed E-state index contributed by atoms with van der Waals surface area (Å²) in [5, 5.41) is 0.821. The van der Waals surface area contributed by atoms with Gasteiger partial charge in [0, 0.05) is 18.1 Å². The molecule has 2 heteroatoms. The molecule has 0 saturated carbocycles. The van der Waals surface area contributed by atoms with E-state index in [2.05, 4.69) is 42.2 Å². The molecule has 1 aliphatic rings. The van der Waals surface area contributed by atoms with Gasteiger partial charge in [0.05, 0.1) is 0 Å². The summed E-state index contributed by atoms with van der Waals surface area (Å²) in [7, 11) is 0. The van der Waals surface area contributed by atoms with Gasteiger partial charge in [-0.05, 0) is 61.6 Å². The minimum absolute atomic E-state index is 0.821. The van der Waals surface area contributed by atoms with Crippen LogP contribution in [0.2, 0.25) is 5.02 Å². The Kier molecular flexibility index (Phi) is 4.62. The summed E-state index contributed by atoms with van der Waals surface area (Å²) in [6, 6.07) is 15.1. The fraction of sp³-hybridized carbons (Fsp3) is 0.368. The molecule has 1 heterocycles. The zero-order valence-corrected chi connectivity index (χ0v) is 13.4. The average molecular weight is 300 g/mol. The van der Waals surface area contributed by atoms with Gasteiger partial charge in [0.25, 0.3) is 0 Å². The molecule has 21 heavy (non-hydrogen) atoms. The summed E-state index contributed by atoms with van der Waals surface area (Å²) < 4.78 is 0. The second-order valence-electron chi connectivity index (χ2n) is 6.03. The molecule has 0 amide bonds. The van der Waals surface area contributed by atoms with Crippen LogP contribution in [-0.4, -0.2) is 18.0 Å². The molecule has 0 radical (unpaired) electrons. The third-order valence-corrected chi connectivity index (χ3v) is 4.56. The predicted molar refractivity (Wildman–Crippen MR) is 89.9 cm³/mol. The highest BCUT2D eigenvalue weighted by Gasteiger charge is 2.15. The molecule has 1 nitrogen and oxygen atoms in total. The smallest absolute Gasteiger partial charge is 0.0406 e. The predicted octanol–water partition coefficient (Wildman–Crippen LogP) is 4.64. The van der Waals surface area contributed by atoms with Crippen molar-refractivity contribution in [3.8, 4) is 0 Å². The van der Waals surface area contributed by atoms with E-state index in [0.717, 1.165) is 18.0 Å². The molecule has 0 fully saturated rings. The normalized spacial score (nSPS) is 15.0. The van der Waals surface area contributed by atoms with Gasteiger partial charge >= 0.3 is 0 Å². The fourth-order valence-corrected chi connectivity index (χ4v) is 3.21. The van der Waals surface area contributed by atoms with Gasteiger partial charge in [0.1, 0.15) is 0 Å². The first-order valence-corrected chi connectivity index (χ1v) is 8.14. The molecule has 0 aromatic heterocycles. The van der Waals surface area contributed by atoms with E-state index in [1.165, 1.54) is 42.6 Å². The van der Waals surface area contributed by atoms with Crippen LogP contribution in [0, 0.1) is 6.92 Å². The van der Waals surface area contributed by atoms with Crippen molar-refractivity contribution < 1.29 is 0 Å². The Bertz CT molecular complexity index is 603. The van der Waals surface area contributed by atoms with Gasteiger partial charge < -0.3 is 0 Å². The Labute approximate surface area is 132 Å². The molecule has 0 aliphatic carbocycles. The first kappa shape index (κ1) is 14.6. The van der Waals surface area contributed by atoms with E-state index in [4.69, 9.17) is 11.6 Å².